The van der Waals surface area contributed by atoms with Gasteiger partial charge in [-0.25, -0.2) is 4.39 Å². The molecule has 1 N–H and O–H groups in total. The maximum absolute atomic E-state index is 13.1. The average molecular weight is 362 g/mol. The van der Waals surface area contributed by atoms with Crippen LogP contribution in [-0.2, 0) is 0 Å². The van der Waals surface area contributed by atoms with Crippen molar-refractivity contribution < 1.29 is 9.18 Å². The molecule has 2 heterocycles. The SMILES string of the molecule is CC1CC(C(=O)c2ccc(F)cc2)CCN1c1ccc(-c2ccccc2)[nH]1. The van der Waals surface area contributed by atoms with E-state index >= 15 is 0 Å². The van der Waals surface area contributed by atoms with Gasteiger partial charge < -0.3 is 9.88 Å². The quantitative estimate of drug-likeness (QED) is 0.639. The highest BCUT2D eigenvalue weighted by atomic mass is 19.1. The number of halogens is 1. The van der Waals surface area contributed by atoms with E-state index in [-0.39, 0.29) is 23.6 Å². The lowest BCUT2D eigenvalue weighted by atomic mass is 9.85. The highest BCUT2D eigenvalue weighted by Gasteiger charge is 2.31. The van der Waals surface area contributed by atoms with Crippen LogP contribution in [0.3, 0.4) is 0 Å². The number of nitrogens with one attached hydrogen (secondary N) is 1. The summed E-state index contributed by atoms with van der Waals surface area (Å²) in [6.07, 6.45) is 1.61. The number of Topliss-reactive ketones (excluding diaryl/α,β-unsaturated/α-hetero) is 1. The minimum atomic E-state index is -0.310. The molecule has 0 radical (unpaired) electrons. The van der Waals surface area contributed by atoms with Crippen LogP contribution in [0.4, 0.5) is 10.2 Å². The van der Waals surface area contributed by atoms with E-state index in [0.29, 0.717) is 5.56 Å². The maximum Gasteiger partial charge on any atom is 0.166 e. The Morgan fingerprint density at radius 1 is 1.04 bits per heavy atom. The molecule has 138 valence electrons. The van der Waals surface area contributed by atoms with Crippen molar-refractivity contribution in [2.75, 3.05) is 11.4 Å². The molecule has 0 aliphatic carbocycles. The van der Waals surface area contributed by atoms with Crippen LogP contribution in [0.2, 0.25) is 0 Å². The first-order valence-corrected chi connectivity index (χ1v) is 9.42. The summed E-state index contributed by atoms with van der Waals surface area (Å²) < 4.78 is 13.1. The number of rotatable bonds is 4. The molecule has 0 bridgehead atoms. The molecule has 0 saturated carbocycles. The number of ketones is 1. The molecule has 1 aromatic heterocycles. The molecule has 4 rings (SSSR count). The smallest absolute Gasteiger partial charge is 0.166 e. The summed E-state index contributed by atoms with van der Waals surface area (Å²) in [4.78, 5) is 18.6. The molecule has 1 fully saturated rings. The molecule has 4 heteroatoms. The van der Waals surface area contributed by atoms with E-state index in [1.54, 1.807) is 12.1 Å². The molecule has 3 aromatic rings. The number of hydrogen-bond acceptors (Lipinski definition) is 2. The number of carbonyl (C=O) groups is 1. The number of hydrogen-bond donors (Lipinski definition) is 1. The van der Waals surface area contributed by atoms with Crippen LogP contribution >= 0.6 is 0 Å². The van der Waals surface area contributed by atoms with E-state index in [4.69, 9.17) is 0 Å². The molecule has 1 saturated heterocycles. The Morgan fingerprint density at radius 2 is 1.78 bits per heavy atom. The Kier molecular flexibility index (Phi) is 4.80. The lowest BCUT2D eigenvalue weighted by molar-refractivity contribution is 0.0890. The summed E-state index contributed by atoms with van der Waals surface area (Å²) in [7, 11) is 0. The van der Waals surface area contributed by atoms with Gasteiger partial charge in [-0.3, -0.25) is 4.79 Å². The molecule has 0 amide bonds. The summed E-state index contributed by atoms with van der Waals surface area (Å²) in [5, 5.41) is 0. The first-order valence-electron chi connectivity index (χ1n) is 9.42. The third-order valence-corrected chi connectivity index (χ3v) is 5.44. The Morgan fingerprint density at radius 3 is 2.48 bits per heavy atom. The highest BCUT2D eigenvalue weighted by molar-refractivity contribution is 5.98. The minimum absolute atomic E-state index is 0.00901. The number of carbonyl (C=O) groups excluding carboxylic acids is 1. The molecule has 2 unspecified atom stereocenters. The van der Waals surface area contributed by atoms with Gasteiger partial charge in [0, 0.05) is 29.8 Å². The second-order valence-electron chi connectivity index (χ2n) is 7.26. The van der Waals surface area contributed by atoms with Gasteiger partial charge in [-0.15, -0.1) is 0 Å². The number of H-pyrrole nitrogens is 1. The molecular weight excluding hydrogens is 339 g/mol. The van der Waals surface area contributed by atoms with E-state index in [0.717, 1.165) is 36.5 Å². The fourth-order valence-corrected chi connectivity index (χ4v) is 3.96. The van der Waals surface area contributed by atoms with Crippen molar-refractivity contribution in [3.8, 4) is 11.3 Å². The van der Waals surface area contributed by atoms with E-state index < -0.39 is 0 Å². The van der Waals surface area contributed by atoms with Crippen LogP contribution in [-0.4, -0.2) is 23.4 Å². The van der Waals surface area contributed by atoms with Crippen molar-refractivity contribution in [2.24, 2.45) is 5.92 Å². The van der Waals surface area contributed by atoms with Crippen molar-refractivity contribution in [3.63, 3.8) is 0 Å². The molecule has 3 nitrogen and oxygen atoms in total. The Balaban J connectivity index is 1.45. The van der Waals surface area contributed by atoms with Crippen LogP contribution in [0, 0.1) is 11.7 Å². The minimum Gasteiger partial charge on any atom is -0.355 e. The summed E-state index contributed by atoms with van der Waals surface area (Å²) >= 11 is 0. The normalized spacial score (nSPS) is 19.9. The zero-order valence-corrected chi connectivity index (χ0v) is 15.4. The molecule has 27 heavy (non-hydrogen) atoms. The van der Waals surface area contributed by atoms with E-state index in [1.807, 2.05) is 18.2 Å². The standard InChI is InChI=1S/C23H23FN2O/c1-16-15-19(23(27)18-7-9-20(24)10-8-18)13-14-26(16)22-12-11-21(25-22)17-5-3-2-4-6-17/h2-12,16,19,25H,13-15H2,1H3. The predicted molar refractivity (Wildman–Crippen MR) is 106 cm³/mol. The molecule has 1 aliphatic heterocycles. The van der Waals surface area contributed by atoms with Crippen LogP contribution in [0.5, 0.6) is 0 Å². The fraction of sp³-hybridized carbons (Fsp3) is 0.261. The number of anilines is 1. The molecule has 0 spiro atoms. The van der Waals surface area contributed by atoms with Gasteiger partial charge >= 0.3 is 0 Å². The van der Waals surface area contributed by atoms with Crippen molar-refractivity contribution in [3.05, 3.63) is 78.1 Å². The largest absolute Gasteiger partial charge is 0.355 e. The Labute approximate surface area is 158 Å². The summed E-state index contributed by atoms with van der Waals surface area (Å²) in [6.45, 7) is 2.99. The molecular formula is C23H23FN2O. The summed E-state index contributed by atoms with van der Waals surface area (Å²) in [5.74, 6) is 0.896. The lowest BCUT2D eigenvalue weighted by Crippen LogP contribution is -2.43. The summed E-state index contributed by atoms with van der Waals surface area (Å²) in [5.41, 5.74) is 2.87. The van der Waals surface area contributed by atoms with Crippen molar-refractivity contribution >= 4 is 11.6 Å². The number of piperidine rings is 1. The number of aromatic amines is 1. The Bertz CT molecular complexity index is 917. The summed E-state index contributed by atoms with van der Waals surface area (Å²) in [6, 6.07) is 20.6. The van der Waals surface area contributed by atoms with Gasteiger partial charge in [-0.05, 0) is 61.7 Å². The zero-order valence-electron chi connectivity index (χ0n) is 15.4. The van der Waals surface area contributed by atoms with E-state index in [1.165, 1.54) is 12.1 Å². The first kappa shape index (κ1) is 17.5. The number of aromatic nitrogens is 1. The monoisotopic (exact) mass is 362 g/mol. The maximum atomic E-state index is 13.1. The van der Waals surface area contributed by atoms with Crippen molar-refractivity contribution in [1.29, 1.82) is 0 Å². The first-order chi connectivity index (χ1) is 13.1. The van der Waals surface area contributed by atoms with Crippen LogP contribution in [0.25, 0.3) is 11.3 Å². The van der Waals surface area contributed by atoms with E-state index in [2.05, 4.69) is 41.1 Å². The van der Waals surface area contributed by atoms with Gasteiger partial charge in [0.15, 0.2) is 5.78 Å². The molecule has 1 aliphatic rings. The van der Waals surface area contributed by atoms with Gasteiger partial charge in [0.05, 0.1) is 0 Å². The van der Waals surface area contributed by atoms with Gasteiger partial charge in [0.25, 0.3) is 0 Å². The second-order valence-corrected chi connectivity index (χ2v) is 7.26. The Hall–Kier alpha value is -2.88. The van der Waals surface area contributed by atoms with Gasteiger partial charge in [0.1, 0.15) is 11.6 Å². The topological polar surface area (TPSA) is 36.1 Å². The second kappa shape index (κ2) is 7.39. The van der Waals surface area contributed by atoms with Crippen LogP contribution < -0.4 is 4.90 Å². The lowest BCUT2D eigenvalue weighted by Gasteiger charge is -2.38. The van der Waals surface area contributed by atoms with Crippen LogP contribution in [0.1, 0.15) is 30.1 Å². The van der Waals surface area contributed by atoms with Gasteiger partial charge in [-0.1, -0.05) is 30.3 Å². The van der Waals surface area contributed by atoms with Crippen LogP contribution in [0.15, 0.2) is 66.7 Å². The fourth-order valence-electron chi connectivity index (χ4n) is 3.96. The van der Waals surface area contributed by atoms with Gasteiger partial charge in [0.2, 0.25) is 0 Å². The molecule has 2 atom stereocenters. The van der Waals surface area contributed by atoms with Gasteiger partial charge in [-0.2, -0.15) is 0 Å². The highest BCUT2D eigenvalue weighted by Crippen LogP contribution is 2.31. The molecule has 2 aromatic carbocycles. The van der Waals surface area contributed by atoms with Crippen molar-refractivity contribution in [1.82, 2.24) is 4.98 Å². The third kappa shape index (κ3) is 3.65. The zero-order chi connectivity index (χ0) is 18.8. The van der Waals surface area contributed by atoms with Crippen molar-refractivity contribution in [2.45, 2.75) is 25.8 Å². The average Bonchev–Trinajstić information content (AvgIpc) is 3.18. The number of nitrogens with zero attached hydrogens (tertiary/aromatic N) is 1. The predicted octanol–water partition coefficient (Wildman–Crippen LogP) is 5.31. The third-order valence-electron chi connectivity index (χ3n) is 5.44. The number of benzene rings is 2. The van der Waals surface area contributed by atoms with E-state index in [9.17, 15) is 9.18 Å².